The molecule has 2 aliphatic rings. The van der Waals surface area contributed by atoms with Crippen LogP contribution in [0.3, 0.4) is 0 Å². The van der Waals surface area contributed by atoms with Crippen LogP contribution in [0.25, 0.3) is 0 Å². The van der Waals surface area contributed by atoms with Crippen molar-refractivity contribution in [3.05, 3.63) is 67.8 Å². The summed E-state index contributed by atoms with van der Waals surface area (Å²) in [6.45, 7) is 8.59. The number of ether oxygens (including phenoxy) is 2. The molecule has 2 aliphatic heterocycles. The van der Waals surface area contributed by atoms with E-state index in [0.29, 0.717) is 37.6 Å². The fourth-order valence-corrected chi connectivity index (χ4v) is 8.04. The van der Waals surface area contributed by atoms with Gasteiger partial charge in [0.1, 0.15) is 0 Å². The lowest BCUT2D eigenvalue weighted by atomic mass is 10.2. The first-order chi connectivity index (χ1) is 18.7. The third kappa shape index (κ3) is 6.82. The second-order valence-corrected chi connectivity index (χ2v) is 13.2. The molecular weight excluding hydrogens is 568 g/mol. The zero-order valence-electron chi connectivity index (χ0n) is 22.5. The van der Waals surface area contributed by atoms with Gasteiger partial charge in [0.15, 0.2) is 0 Å². The van der Waals surface area contributed by atoms with E-state index in [1.807, 2.05) is 0 Å². The number of aryl methyl sites for hydroxylation is 2. The van der Waals surface area contributed by atoms with Crippen molar-refractivity contribution in [2.45, 2.75) is 49.6 Å². The van der Waals surface area contributed by atoms with Crippen LogP contribution in [0.1, 0.15) is 25.0 Å². The molecule has 0 saturated carbocycles. The maximum atomic E-state index is 12.6. The molecule has 40 heavy (non-hydrogen) atoms. The van der Waals surface area contributed by atoms with E-state index in [4.69, 9.17) is 9.47 Å². The fraction of sp³-hybridized carbons (Fsp3) is 0.500. The number of non-ortho nitro benzene ring substituents is 2. The molecule has 0 spiro atoms. The van der Waals surface area contributed by atoms with E-state index in [-0.39, 0.29) is 46.3 Å². The summed E-state index contributed by atoms with van der Waals surface area (Å²) in [5.41, 5.74) is 0.536. The zero-order chi connectivity index (χ0) is 29.8. The summed E-state index contributed by atoms with van der Waals surface area (Å²) < 4.78 is 63.7. The van der Waals surface area contributed by atoms with Gasteiger partial charge in [0.25, 0.3) is 11.4 Å². The summed E-state index contributed by atoms with van der Waals surface area (Å²) in [6.07, 6.45) is 0. The summed E-state index contributed by atoms with van der Waals surface area (Å²) in [7, 11) is -7.50. The largest absolute Gasteiger partial charge is 0.378 e. The zero-order valence-corrected chi connectivity index (χ0v) is 24.2. The lowest BCUT2D eigenvalue weighted by Gasteiger charge is -2.32. The first-order valence-electron chi connectivity index (χ1n) is 12.4. The molecule has 2 fully saturated rings. The summed E-state index contributed by atoms with van der Waals surface area (Å²) in [4.78, 5) is 20.4. The van der Waals surface area contributed by atoms with Gasteiger partial charge in [-0.1, -0.05) is 12.1 Å². The number of morpholine rings is 2. The molecule has 2 heterocycles. The topological polar surface area (TPSA) is 180 Å². The Balaban J connectivity index is 0.000000220. The van der Waals surface area contributed by atoms with Crippen molar-refractivity contribution in [1.29, 1.82) is 0 Å². The Labute approximate surface area is 232 Å². The summed E-state index contributed by atoms with van der Waals surface area (Å²) in [6, 6.07) is 7.18. The van der Waals surface area contributed by atoms with Crippen LogP contribution >= 0.6 is 0 Å². The predicted octanol–water partition coefficient (Wildman–Crippen LogP) is 2.63. The quantitative estimate of drug-likeness (QED) is 0.353. The Morgan fingerprint density at radius 3 is 1.38 bits per heavy atom. The molecule has 0 N–H and O–H groups in total. The van der Waals surface area contributed by atoms with Gasteiger partial charge in [-0.15, -0.1) is 0 Å². The molecule has 2 aromatic carbocycles. The number of rotatable bonds is 6. The van der Waals surface area contributed by atoms with Crippen molar-refractivity contribution < 1.29 is 36.2 Å². The van der Waals surface area contributed by atoms with Crippen molar-refractivity contribution in [3.8, 4) is 0 Å². The molecule has 2 saturated heterocycles. The molecule has 0 unspecified atom stereocenters. The van der Waals surface area contributed by atoms with E-state index in [9.17, 15) is 37.1 Å². The van der Waals surface area contributed by atoms with Gasteiger partial charge >= 0.3 is 0 Å². The van der Waals surface area contributed by atoms with Gasteiger partial charge in [-0.2, -0.15) is 8.61 Å². The standard InChI is InChI=1S/2C12H16N2O5S/c2*1-9-3-4-11(14(15)16)7-12(9)20(17,18)13-5-6-19-8-10(13)2/h2*3-4,7,10H,5-6,8H2,1-2H3/t2*10-/m10/s1. The maximum absolute atomic E-state index is 12.6. The predicted molar refractivity (Wildman–Crippen MR) is 144 cm³/mol. The van der Waals surface area contributed by atoms with Gasteiger partial charge in [-0.05, 0) is 38.8 Å². The van der Waals surface area contributed by atoms with E-state index in [1.165, 1.54) is 32.9 Å². The highest BCUT2D eigenvalue weighted by Gasteiger charge is 2.34. The third-order valence-corrected chi connectivity index (χ3v) is 10.9. The van der Waals surface area contributed by atoms with Crippen molar-refractivity contribution in [2.24, 2.45) is 0 Å². The molecule has 14 nitrogen and oxygen atoms in total. The minimum Gasteiger partial charge on any atom is -0.378 e. The van der Waals surface area contributed by atoms with Crippen LogP contribution in [0.15, 0.2) is 46.2 Å². The molecule has 220 valence electrons. The number of nitro groups is 2. The lowest BCUT2D eigenvalue weighted by Crippen LogP contribution is -2.47. The Morgan fingerprint density at radius 2 is 1.07 bits per heavy atom. The van der Waals surface area contributed by atoms with E-state index < -0.39 is 29.9 Å². The maximum Gasteiger partial charge on any atom is 0.270 e. The molecule has 16 heteroatoms. The molecule has 0 aliphatic carbocycles. The monoisotopic (exact) mass is 600 g/mol. The molecule has 2 atom stereocenters. The average Bonchev–Trinajstić information content (AvgIpc) is 2.89. The molecule has 0 radical (unpaired) electrons. The van der Waals surface area contributed by atoms with Crippen LogP contribution in [0.5, 0.6) is 0 Å². The number of nitro benzene ring substituents is 2. The van der Waals surface area contributed by atoms with Crippen molar-refractivity contribution in [2.75, 3.05) is 39.5 Å². The van der Waals surface area contributed by atoms with Crippen molar-refractivity contribution in [3.63, 3.8) is 0 Å². The Hall–Kier alpha value is -3.02. The summed E-state index contributed by atoms with van der Waals surface area (Å²) in [5.74, 6) is 0. The second kappa shape index (κ2) is 12.7. The van der Waals surface area contributed by atoms with Crippen LogP contribution in [-0.4, -0.2) is 86.9 Å². The van der Waals surface area contributed by atoms with E-state index >= 15 is 0 Å². The molecular formula is C24H32N4O10S2. The first kappa shape index (κ1) is 31.5. The number of hydrogen-bond donors (Lipinski definition) is 0. The fourth-order valence-electron chi connectivity index (χ4n) is 4.35. The average molecular weight is 601 g/mol. The van der Waals surface area contributed by atoms with E-state index in [1.54, 1.807) is 27.7 Å². The number of hydrogen-bond acceptors (Lipinski definition) is 10. The van der Waals surface area contributed by atoms with Crippen LogP contribution in [0, 0.1) is 34.1 Å². The molecule has 2 aromatic rings. The van der Waals surface area contributed by atoms with Crippen LogP contribution in [0.2, 0.25) is 0 Å². The minimum atomic E-state index is -3.75. The number of nitrogens with zero attached hydrogens (tertiary/aromatic N) is 4. The molecule has 0 amide bonds. The molecule has 0 bridgehead atoms. The minimum absolute atomic E-state index is 0.0135. The Morgan fingerprint density at radius 1 is 0.725 bits per heavy atom. The van der Waals surface area contributed by atoms with E-state index in [2.05, 4.69) is 0 Å². The van der Waals surface area contributed by atoms with E-state index in [0.717, 1.165) is 12.1 Å². The normalized spacial score (nSPS) is 20.8. The first-order valence-corrected chi connectivity index (χ1v) is 15.2. The Kier molecular flexibility index (Phi) is 9.97. The Bertz CT molecular complexity index is 1370. The van der Waals surface area contributed by atoms with Gasteiger partial charge in [-0.3, -0.25) is 20.2 Å². The van der Waals surface area contributed by atoms with Gasteiger partial charge in [-0.25, -0.2) is 16.8 Å². The smallest absolute Gasteiger partial charge is 0.270 e. The second-order valence-electron chi connectivity index (χ2n) is 9.49. The highest BCUT2D eigenvalue weighted by Crippen LogP contribution is 2.28. The number of benzene rings is 2. The van der Waals surface area contributed by atoms with Gasteiger partial charge in [0.05, 0.1) is 46.1 Å². The van der Waals surface area contributed by atoms with Gasteiger partial charge < -0.3 is 9.47 Å². The lowest BCUT2D eigenvalue weighted by molar-refractivity contribution is -0.385. The van der Waals surface area contributed by atoms with Crippen molar-refractivity contribution >= 4 is 31.4 Å². The molecule has 0 aromatic heterocycles. The van der Waals surface area contributed by atoms with Gasteiger partial charge in [0, 0.05) is 49.4 Å². The molecule has 4 rings (SSSR count). The highest BCUT2D eigenvalue weighted by atomic mass is 32.2. The van der Waals surface area contributed by atoms with Gasteiger partial charge in [0.2, 0.25) is 20.0 Å². The van der Waals surface area contributed by atoms with Crippen LogP contribution in [-0.2, 0) is 29.5 Å². The van der Waals surface area contributed by atoms with Crippen LogP contribution < -0.4 is 0 Å². The van der Waals surface area contributed by atoms with Crippen LogP contribution in [0.4, 0.5) is 11.4 Å². The summed E-state index contributed by atoms with van der Waals surface area (Å²) >= 11 is 0. The van der Waals surface area contributed by atoms with Crippen molar-refractivity contribution in [1.82, 2.24) is 8.61 Å². The SMILES string of the molecule is Cc1ccc([N+](=O)[O-])cc1S(=O)(=O)N1CCOC[C@@H]1C.Cc1ccc([N+](=O)[O-])cc1S(=O)(=O)N1CCOC[C@H]1C. The highest BCUT2D eigenvalue weighted by molar-refractivity contribution is 7.89. The summed E-state index contributed by atoms with van der Waals surface area (Å²) in [5, 5.41) is 21.6. The third-order valence-electron chi connectivity index (χ3n) is 6.55. The number of sulfonamides is 2.